The Morgan fingerprint density at radius 3 is 2.58 bits per heavy atom. The highest BCUT2D eigenvalue weighted by Gasteiger charge is 2.22. The lowest BCUT2D eigenvalue weighted by atomic mass is 10.1. The lowest BCUT2D eigenvalue weighted by molar-refractivity contribution is -0.161. The number of rotatable bonds is 12. The lowest BCUT2D eigenvalue weighted by Crippen LogP contribution is -2.39. The summed E-state index contributed by atoms with van der Waals surface area (Å²) in [6, 6.07) is 7.26. The molecular weight excluding hydrogens is 492 g/mol. The molecule has 1 aromatic carbocycles. The molecule has 0 saturated carbocycles. The van der Waals surface area contributed by atoms with E-state index < -0.39 is 12.1 Å². The first-order valence-corrected chi connectivity index (χ1v) is 12.6. The van der Waals surface area contributed by atoms with Crippen molar-refractivity contribution in [3.05, 3.63) is 51.7 Å². The average Bonchev–Trinajstić information content (AvgIpc) is 3.23. The minimum Gasteiger partial charge on any atom is -0.492 e. The fraction of sp³-hybridized carbons (Fsp3) is 0.480. The number of aryl methyl sites for hydroxylation is 3. The number of hydrazone groups is 1. The molecule has 0 saturated heterocycles. The quantitative estimate of drug-likeness (QED) is 0.133. The second-order valence-electron chi connectivity index (χ2n) is 8.53. The maximum Gasteiger partial charge on any atom is 0.361 e. The number of carbonyl (C=O) groups is 1. The van der Waals surface area contributed by atoms with Gasteiger partial charge in [0.1, 0.15) is 23.7 Å². The minimum atomic E-state index is -0.851. The fourth-order valence-electron chi connectivity index (χ4n) is 4.06. The van der Waals surface area contributed by atoms with Crippen LogP contribution in [0.1, 0.15) is 44.3 Å². The van der Waals surface area contributed by atoms with Gasteiger partial charge in [-0.3, -0.25) is 14.0 Å². The Hall–Kier alpha value is -4.13. The van der Waals surface area contributed by atoms with Gasteiger partial charge >= 0.3 is 5.97 Å². The van der Waals surface area contributed by atoms with Crippen LogP contribution in [0.15, 0.2) is 34.2 Å². The van der Waals surface area contributed by atoms with Crippen molar-refractivity contribution in [2.45, 2.75) is 59.1 Å². The van der Waals surface area contributed by atoms with E-state index in [1.54, 1.807) is 35.4 Å². The Morgan fingerprint density at radius 2 is 1.95 bits per heavy atom. The van der Waals surface area contributed by atoms with Crippen molar-refractivity contribution in [1.82, 2.24) is 24.8 Å². The molecule has 0 spiro atoms. The molecule has 206 valence electrons. The van der Waals surface area contributed by atoms with Crippen LogP contribution in [0.5, 0.6) is 5.75 Å². The van der Waals surface area contributed by atoms with Gasteiger partial charge in [-0.15, -0.1) is 5.10 Å². The smallest absolute Gasteiger partial charge is 0.361 e. The summed E-state index contributed by atoms with van der Waals surface area (Å²) in [4.78, 5) is 35.2. The molecule has 0 radical (unpaired) electrons. The van der Waals surface area contributed by atoms with Crippen molar-refractivity contribution >= 4 is 23.0 Å². The minimum absolute atomic E-state index is 0.119. The van der Waals surface area contributed by atoms with Gasteiger partial charge in [0.15, 0.2) is 11.6 Å². The Balaban J connectivity index is 1.65. The molecule has 0 aliphatic carbocycles. The maximum absolute atomic E-state index is 13.3. The van der Waals surface area contributed by atoms with Crippen LogP contribution in [0.2, 0.25) is 0 Å². The van der Waals surface area contributed by atoms with E-state index in [1.807, 2.05) is 19.1 Å². The van der Waals surface area contributed by atoms with Gasteiger partial charge in [0.05, 0.1) is 12.2 Å². The molecule has 38 heavy (non-hydrogen) atoms. The van der Waals surface area contributed by atoms with Crippen LogP contribution in [0.3, 0.4) is 0 Å². The summed E-state index contributed by atoms with van der Waals surface area (Å²) >= 11 is 0. The zero-order chi connectivity index (χ0) is 27.7. The summed E-state index contributed by atoms with van der Waals surface area (Å²) in [6.07, 6.45) is 1.75. The van der Waals surface area contributed by atoms with Crippen LogP contribution in [0.4, 0.5) is 0 Å². The number of nitrogens with zero attached hydrogens (tertiary/aromatic N) is 5. The standard InChI is InChI=1S/C25H36N8O5/c1-5-8-18-21-22(32(4)30-18)23(34)33(20(6-2)28-21)13-14-37-17-11-9-16(10-12-17)15-19(36-7-3)24(35)38-31-25(26)29-27/h9-12,19H,5-8,13-15,27H2,1-4H3,(H3,26,29,31). The summed E-state index contributed by atoms with van der Waals surface area (Å²) in [5.74, 6) is 5.44. The number of guanidine groups is 1. The third-order valence-electron chi connectivity index (χ3n) is 5.85. The molecule has 5 N–H and O–H groups in total. The van der Waals surface area contributed by atoms with Gasteiger partial charge in [-0.25, -0.2) is 9.78 Å². The highest BCUT2D eigenvalue weighted by atomic mass is 16.7. The van der Waals surface area contributed by atoms with Crippen molar-refractivity contribution in [2.75, 3.05) is 13.2 Å². The number of benzene rings is 1. The zero-order valence-electron chi connectivity index (χ0n) is 22.3. The van der Waals surface area contributed by atoms with Crippen molar-refractivity contribution in [3.63, 3.8) is 0 Å². The van der Waals surface area contributed by atoms with Crippen LogP contribution in [-0.2, 0) is 47.2 Å². The van der Waals surface area contributed by atoms with Crippen molar-refractivity contribution in [1.29, 1.82) is 0 Å². The first-order valence-electron chi connectivity index (χ1n) is 12.6. The molecule has 0 aliphatic heterocycles. The van der Waals surface area contributed by atoms with Gasteiger partial charge in [-0.2, -0.15) is 10.6 Å². The lowest BCUT2D eigenvalue weighted by Gasteiger charge is -2.16. The molecule has 2 heterocycles. The summed E-state index contributed by atoms with van der Waals surface area (Å²) in [5, 5.41) is 7.68. The van der Waals surface area contributed by atoms with Crippen LogP contribution in [0, 0.1) is 0 Å². The fourth-order valence-corrected chi connectivity index (χ4v) is 4.06. The van der Waals surface area contributed by atoms with Gasteiger partial charge in [-0.1, -0.05) is 32.4 Å². The molecule has 1 unspecified atom stereocenters. The number of hydrogen-bond donors (Lipinski definition) is 3. The number of ether oxygens (including phenoxy) is 2. The number of hydrogen-bond acceptors (Lipinski definition) is 9. The Bertz CT molecular complexity index is 1320. The highest BCUT2D eigenvalue weighted by molar-refractivity contribution is 5.80. The predicted octanol–water partition coefficient (Wildman–Crippen LogP) is 0.908. The first-order chi connectivity index (χ1) is 18.3. The third-order valence-corrected chi connectivity index (χ3v) is 5.85. The second-order valence-corrected chi connectivity index (χ2v) is 8.53. The number of nitrogens with two attached hydrogens (primary N) is 2. The second kappa shape index (κ2) is 13.4. The van der Waals surface area contributed by atoms with Gasteiger partial charge < -0.3 is 25.9 Å². The molecular formula is C25H36N8O5. The van der Waals surface area contributed by atoms with E-state index >= 15 is 0 Å². The van der Waals surface area contributed by atoms with Gasteiger partial charge in [0, 0.05) is 26.5 Å². The first kappa shape index (κ1) is 28.4. The van der Waals surface area contributed by atoms with E-state index in [1.165, 1.54) is 0 Å². The topological polar surface area (TPSA) is 174 Å². The molecule has 3 rings (SSSR count). The zero-order valence-corrected chi connectivity index (χ0v) is 22.3. The summed E-state index contributed by atoms with van der Waals surface area (Å²) in [5.41, 5.74) is 10.3. The molecule has 13 nitrogen and oxygen atoms in total. The summed E-state index contributed by atoms with van der Waals surface area (Å²) in [6.45, 7) is 6.78. The van der Waals surface area contributed by atoms with Crippen LogP contribution >= 0.6 is 0 Å². The number of hydroxylamine groups is 1. The van der Waals surface area contributed by atoms with E-state index in [2.05, 4.69) is 22.6 Å². The monoisotopic (exact) mass is 528 g/mol. The van der Waals surface area contributed by atoms with Gasteiger partial charge in [0.2, 0.25) is 5.96 Å². The Kier molecular flexibility index (Phi) is 10.0. The number of fused-ring (bicyclic) bond motifs is 1. The Morgan fingerprint density at radius 1 is 1.21 bits per heavy atom. The third kappa shape index (κ3) is 6.79. The predicted molar refractivity (Wildman–Crippen MR) is 142 cm³/mol. The van der Waals surface area contributed by atoms with Crippen molar-refractivity contribution in [3.8, 4) is 5.75 Å². The van der Waals surface area contributed by atoms with Crippen molar-refractivity contribution < 1.29 is 19.1 Å². The van der Waals surface area contributed by atoms with Crippen LogP contribution < -0.4 is 27.4 Å². The number of aromatic nitrogens is 4. The molecule has 13 heteroatoms. The molecule has 0 aliphatic rings. The van der Waals surface area contributed by atoms with E-state index in [-0.39, 0.29) is 24.5 Å². The van der Waals surface area contributed by atoms with Crippen molar-refractivity contribution in [2.24, 2.45) is 23.7 Å². The molecule has 0 fully saturated rings. The van der Waals surface area contributed by atoms with E-state index in [0.29, 0.717) is 42.2 Å². The van der Waals surface area contributed by atoms with Gasteiger partial charge in [0.25, 0.3) is 5.56 Å². The number of nitrogens with one attached hydrogen (secondary N) is 1. The van der Waals surface area contributed by atoms with E-state index in [4.69, 9.17) is 30.9 Å². The number of carbonyl (C=O) groups excluding carboxylic acids is 1. The molecule has 2 aromatic heterocycles. The largest absolute Gasteiger partial charge is 0.492 e. The highest BCUT2D eigenvalue weighted by Crippen LogP contribution is 2.17. The molecule has 1 atom stereocenters. The van der Waals surface area contributed by atoms with Crippen LogP contribution in [-0.4, -0.2) is 50.6 Å². The normalized spacial score (nSPS) is 12.5. The average molecular weight is 529 g/mol. The maximum atomic E-state index is 13.3. The molecule has 3 aromatic rings. The molecule has 0 bridgehead atoms. The van der Waals surface area contributed by atoms with Crippen LogP contribution in [0.25, 0.3) is 11.0 Å². The Labute approximate surface area is 220 Å². The molecule has 0 amide bonds. The van der Waals surface area contributed by atoms with Gasteiger partial charge in [-0.05, 0) is 31.0 Å². The van der Waals surface area contributed by atoms with E-state index in [0.717, 1.165) is 24.1 Å². The SMILES string of the molecule is CCCc1nn(C)c2c(=O)n(CCOc3ccc(CC(OCC)C(=O)ONC(N)=NN)cc3)c(CC)nc12. The summed E-state index contributed by atoms with van der Waals surface area (Å²) in [7, 11) is 1.77. The summed E-state index contributed by atoms with van der Waals surface area (Å²) < 4.78 is 14.7. The van der Waals surface area contributed by atoms with E-state index in [9.17, 15) is 9.59 Å².